The van der Waals surface area contributed by atoms with Gasteiger partial charge in [0.25, 0.3) is 0 Å². The summed E-state index contributed by atoms with van der Waals surface area (Å²) < 4.78 is 5.02. The molecule has 15 heavy (non-hydrogen) atoms. The second-order valence-electron chi connectivity index (χ2n) is 3.04. The van der Waals surface area contributed by atoms with E-state index in [2.05, 4.69) is 5.32 Å². The fraction of sp³-hybridized carbons (Fsp3) is 0.364. The number of anilines is 1. The van der Waals surface area contributed by atoms with E-state index >= 15 is 0 Å². The molecule has 0 aromatic heterocycles. The molecule has 0 fully saturated rings. The molecule has 1 aromatic carbocycles. The zero-order chi connectivity index (χ0) is 11.1. The van der Waals surface area contributed by atoms with Gasteiger partial charge in [0.2, 0.25) is 0 Å². The number of halogens is 1. The van der Waals surface area contributed by atoms with Gasteiger partial charge >= 0.3 is 0 Å². The molecule has 0 aliphatic rings. The Morgan fingerprint density at radius 3 is 2.67 bits per heavy atom. The molecular weight excluding hydrogens is 212 g/mol. The van der Waals surface area contributed by atoms with Crippen LogP contribution in [0.4, 0.5) is 5.69 Å². The smallest absolute Gasteiger partial charge is 0.182 e. The molecule has 0 bridgehead atoms. The van der Waals surface area contributed by atoms with E-state index in [1.54, 1.807) is 0 Å². The molecule has 0 unspecified atom stereocenters. The van der Waals surface area contributed by atoms with Crippen molar-refractivity contribution in [3.63, 3.8) is 0 Å². The van der Waals surface area contributed by atoms with Crippen LogP contribution in [0.1, 0.15) is 13.3 Å². The lowest BCUT2D eigenvalue weighted by Crippen LogP contribution is -2.10. The van der Waals surface area contributed by atoms with Crippen LogP contribution < -0.4 is 5.32 Å². The molecule has 0 aliphatic carbocycles. The third-order valence-electron chi connectivity index (χ3n) is 1.84. The maximum atomic E-state index is 7.41. The predicted molar refractivity (Wildman–Crippen MR) is 63.9 cm³/mol. The first-order valence-electron chi connectivity index (χ1n) is 4.92. The largest absolute Gasteiger partial charge is 0.481 e. The molecule has 0 atom stereocenters. The average Bonchev–Trinajstić information content (AvgIpc) is 2.21. The maximum absolute atomic E-state index is 7.41. The molecule has 2 N–H and O–H groups in total. The van der Waals surface area contributed by atoms with Crippen molar-refractivity contribution in [2.24, 2.45) is 0 Å². The highest BCUT2D eigenvalue weighted by Crippen LogP contribution is 2.13. The van der Waals surface area contributed by atoms with E-state index in [1.807, 2.05) is 31.2 Å². The minimum atomic E-state index is 0.318. The highest BCUT2D eigenvalue weighted by Gasteiger charge is 1.96. The van der Waals surface area contributed by atoms with Gasteiger partial charge in [-0.1, -0.05) is 11.6 Å². The predicted octanol–water partition coefficient (Wildman–Crippen LogP) is 3.16. The number of hydrogen-bond acceptors (Lipinski definition) is 3. The molecule has 4 heteroatoms. The van der Waals surface area contributed by atoms with Crippen LogP contribution in [0.15, 0.2) is 24.3 Å². The SMILES string of the molecule is CCOC(=N)CCNc1ccc(Cl)cc1. The van der Waals surface area contributed by atoms with Gasteiger partial charge in [0, 0.05) is 23.7 Å². The Labute approximate surface area is 94.9 Å². The number of nitrogens with one attached hydrogen (secondary N) is 2. The van der Waals surface area contributed by atoms with Crippen LogP contribution in [-0.2, 0) is 4.74 Å². The first-order chi connectivity index (χ1) is 7.22. The van der Waals surface area contributed by atoms with Gasteiger partial charge in [-0.25, -0.2) is 0 Å². The van der Waals surface area contributed by atoms with Gasteiger partial charge in [-0.15, -0.1) is 0 Å². The Hall–Kier alpha value is -1.22. The van der Waals surface area contributed by atoms with Gasteiger partial charge in [-0.2, -0.15) is 0 Å². The zero-order valence-electron chi connectivity index (χ0n) is 8.72. The number of hydrogen-bond donors (Lipinski definition) is 2. The Morgan fingerprint density at radius 1 is 1.40 bits per heavy atom. The van der Waals surface area contributed by atoms with Crippen LogP contribution in [0, 0.1) is 5.41 Å². The van der Waals surface area contributed by atoms with Crippen molar-refractivity contribution >= 4 is 23.2 Å². The normalized spacial score (nSPS) is 9.73. The summed E-state index contributed by atoms with van der Waals surface area (Å²) in [5.74, 6) is 0.318. The van der Waals surface area contributed by atoms with E-state index in [4.69, 9.17) is 21.7 Å². The molecule has 0 radical (unpaired) electrons. The summed E-state index contributed by atoms with van der Waals surface area (Å²) in [6.07, 6.45) is 0.594. The van der Waals surface area contributed by atoms with Gasteiger partial charge in [-0.3, -0.25) is 5.41 Å². The lowest BCUT2D eigenvalue weighted by molar-refractivity contribution is 0.315. The van der Waals surface area contributed by atoms with Gasteiger partial charge in [0.15, 0.2) is 5.90 Å². The fourth-order valence-electron chi connectivity index (χ4n) is 1.13. The molecule has 0 aliphatic heterocycles. The van der Waals surface area contributed by atoms with Gasteiger partial charge in [-0.05, 0) is 31.2 Å². The van der Waals surface area contributed by atoms with E-state index in [0.29, 0.717) is 25.5 Å². The van der Waals surface area contributed by atoms with Crippen molar-refractivity contribution in [3.8, 4) is 0 Å². The lowest BCUT2D eigenvalue weighted by atomic mass is 10.3. The number of rotatable bonds is 5. The Balaban J connectivity index is 2.26. The summed E-state index contributed by atoms with van der Waals surface area (Å²) in [6, 6.07) is 7.48. The van der Waals surface area contributed by atoms with Crippen LogP contribution in [0.2, 0.25) is 5.02 Å². The summed E-state index contributed by atoms with van der Waals surface area (Å²) in [5.41, 5.74) is 1.00. The third-order valence-corrected chi connectivity index (χ3v) is 2.10. The molecule has 3 nitrogen and oxygen atoms in total. The molecule has 0 amide bonds. The summed E-state index contributed by atoms with van der Waals surface area (Å²) in [7, 11) is 0. The van der Waals surface area contributed by atoms with Crippen molar-refractivity contribution in [1.29, 1.82) is 5.41 Å². The van der Waals surface area contributed by atoms with Crippen LogP contribution in [0.5, 0.6) is 0 Å². The Bertz CT molecular complexity index is 311. The van der Waals surface area contributed by atoms with E-state index in [1.165, 1.54) is 0 Å². The minimum absolute atomic E-state index is 0.318. The number of benzene rings is 1. The summed E-state index contributed by atoms with van der Waals surface area (Å²) >= 11 is 5.76. The van der Waals surface area contributed by atoms with Crippen molar-refractivity contribution in [2.75, 3.05) is 18.5 Å². The molecule has 0 saturated heterocycles. The average molecular weight is 227 g/mol. The molecule has 1 rings (SSSR count). The van der Waals surface area contributed by atoms with E-state index in [-0.39, 0.29) is 0 Å². The van der Waals surface area contributed by atoms with Crippen molar-refractivity contribution in [2.45, 2.75) is 13.3 Å². The van der Waals surface area contributed by atoms with E-state index in [0.717, 1.165) is 10.7 Å². The lowest BCUT2D eigenvalue weighted by Gasteiger charge is -2.07. The molecule has 0 heterocycles. The molecular formula is C11H15ClN2O. The van der Waals surface area contributed by atoms with Gasteiger partial charge < -0.3 is 10.1 Å². The Morgan fingerprint density at radius 2 is 2.07 bits per heavy atom. The second kappa shape index (κ2) is 6.30. The van der Waals surface area contributed by atoms with Crippen molar-refractivity contribution in [1.82, 2.24) is 0 Å². The first kappa shape index (κ1) is 11.9. The molecule has 82 valence electrons. The maximum Gasteiger partial charge on any atom is 0.182 e. The summed E-state index contributed by atoms with van der Waals surface area (Å²) in [5, 5.41) is 11.3. The van der Waals surface area contributed by atoms with Gasteiger partial charge in [0.05, 0.1) is 6.61 Å². The second-order valence-corrected chi connectivity index (χ2v) is 3.48. The van der Waals surface area contributed by atoms with Crippen LogP contribution in [0.3, 0.4) is 0 Å². The highest BCUT2D eigenvalue weighted by molar-refractivity contribution is 6.30. The monoisotopic (exact) mass is 226 g/mol. The third kappa shape index (κ3) is 4.70. The molecule has 0 saturated carbocycles. The van der Waals surface area contributed by atoms with Crippen LogP contribution in [-0.4, -0.2) is 19.0 Å². The minimum Gasteiger partial charge on any atom is -0.481 e. The zero-order valence-corrected chi connectivity index (χ0v) is 9.47. The number of ether oxygens (including phenoxy) is 1. The van der Waals surface area contributed by atoms with E-state index in [9.17, 15) is 0 Å². The fourth-order valence-corrected chi connectivity index (χ4v) is 1.26. The Kier molecular flexibility index (Phi) is 4.98. The van der Waals surface area contributed by atoms with Crippen molar-refractivity contribution in [3.05, 3.63) is 29.3 Å². The highest BCUT2D eigenvalue weighted by atomic mass is 35.5. The van der Waals surface area contributed by atoms with E-state index < -0.39 is 0 Å². The van der Waals surface area contributed by atoms with Crippen LogP contribution >= 0.6 is 11.6 Å². The van der Waals surface area contributed by atoms with Crippen LogP contribution in [0.25, 0.3) is 0 Å². The topological polar surface area (TPSA) is 45.1 Å². The quantitative estimate of drug-likeness (QED) is 0.599. The molecule has 1 aromatic rings. The van der Waals surface area contributed by atoms with Crippen molar-refractivity contribution < 1.29 is 4.74 Å². The summed E-state index contributed by atoms with van der Waals surface area (Å²) in [6.45, 7) is 3.13. The molecule has 0 spiro atoms. The standard InChI is InChI=1S/C11H15ClN2O/c1-2-15-11(13)7-8-14-10-5-3-9(12)4-6-10/h3-6,13-14H,2,7-8H2,1H3. The van der Waals surface area contributed by atoms with Gasteiger partial charge in [0.1, 0.15) is 0 Å². The first-order valence-corrected chi connectivity index (χ1v) is 5.30. The summed E-state index contributed by atoms with van der Waals surface area (Å²) in [4.78, 5) is 0.